The molecule has 1 heterocycles. The molecule has 0 radical (unpaired) electrons. The summed E-state index contributed by atoms with van der Waals surface area (Å²) in [6.07, 6.45) is -0.0335. The molecule has 0 aromatic carbocycles. The topological polar surface area (TPSA) is 64.7 Å². The Bertz CT molecular complexity index is 276. The summed E-state index contributed by atoms with van der Waals surface area (Å²) >= 11 is 0. The van der Waals surface area contributed by atoms with Crippen LogP contribution in [0.2, 0.25) is 0 Å². The Labute approximate surface area is 104 Å². The maximum Gasteiger partial charge on any atom is 0.112 e. The van der Waals surface area contributed by atoms with Gasteiger partial charge in [0.25, 0.3) is 0 Å². The number of hydrogen-bond donors (Lipinski definition) is 2. The standard InChI is InChI=1S/C13H27NO3/c1-9(15)10(2)16-13(8-14)7-11(3,4)17-12(13,5)6/h9-10,15H,7-8,14H2,1-6H3. The summed E-state index contributed by atoms with van der Waals surface area (Å²) in [5.74, 6) is 0. The van der Waals surface area contributed by atoms with E-state index >= 15 is 0 Å². The SMILES string of the molecule is CC(O)C(C)OC1(CN)CC(C)(C)OC1(C)C. The van der Waals surface area contributed by atoms with Crippen LogP contribution >= 0.6 is 0 Å². The van der Waals surface area contributed by atoms with E-state index in [1.54, 1.807) is 6.92 Å². The Hall–Kier alpha value is -0.160. The summed E-state index contributed by atoms with van der Waals surface area (Å²) in [6.45, 7) is 12.1. The molecule has 0 aromatic rings. The van der Waals surface area contributed by atoms with Crippen molar-refractivity contribution in [3.63, 3.8) is 0 Å². The molecule has 0 saturated carbocycles. The lowest BCUT2D eigenvalue weighted by atomic mass is 9.82. The zero-order chi connectivity index (χ0) is 13.5. The molecule has 1 rings (SSSR count). The van der Waals surface area contributed by atoms with Gasteiger partial charge in [-0.15, -0.1) is 0 Å². The van der Waals surface area contributed by atoms with Crippen molar-refractivity contribution in [1.82, 2.24) is 0 Å². The number of aliphatic hydroxyl groups excluding tert-OH is 1. The maximum atomic E-state index is 9.58. The van der Waals surface area contributed by atoms with Crippen molar-refractivity contribution in [2.75, 3.05) is 6.54 Å². The molecule has 3 N–H and O–H groups in total. The van der Waals surface area contributed by atoms with Gasteiger partial charge in [0, 0.05) is 13.0 Å². The fourth-order valence-corrected chi connectivity index (χ4v) is 2.72. The smallest absolute Gasteiger partial charge is 0.112 e. The van der Waals surface area contributed by atoms with Gasteiger partial charge in [-0.05, 0) is 41.5 Å². The third kappa shape index (κ3) is 2.81. The quantitative estimate of drug-likeness (QED) is 0.787. The van der Waals surface area contributed by atoms with Gasteiger partial charge in [-0.1, -0.05) is 0 Å². The van der Waals surface area contributed by atoms with Gasteiger partial charge in [0.2, 0.25) is 0 Å². The highest BCUT2D eigenvalue weighted by molar-refractivity contribution is 5.08. The van der Waals surface area contributed by atoms with Gasteiger partial charge in [-0.25, -0.2) is 0 Å². The average Bonchev–Trinajstić information content (AvgIpc) is 2.31. The fraction of sp³-hybridized carbons (Fsp3) is 1.00. The molecule has 3 atom stereocenters. The van der Waals surface area contributed by atoms with E-state index in [4.69, 9.17) is 15.2 Å². The summed E-state index contributed by atoms with van der Waals surface area (Å²) < 4.78 is 12.1. The Morgan fingerprint density at radius 1 is 1.29 bits per heavy atom. The zero-order valence-corrected chi connectivity index (χ0v) is 11.9. The molecule has 1 saturated heterocycles. The van der Waals surface area contributed by atoms with Crippen LogP contribution in [0.25, 0.3) is 0 Å². The minimum Gasteiger partial charge on any atom is -0.391 e. The van der Waals surface area contributed by atoms with Gasteiger partial charge in [-0.2, -0.15) is 0 Å². The first-order valence-electron chi connectivity index (χ1n) is 6.31. The molecule has 0 aromatic heterocycles. The lowest BCUT2D eigenvalue weighted by Gasteiger charge is -2.41. The number of nitrogens with two attached hydrogens (primary N) is 1. The van der Waals surface area contributed by atoms with E-state index in [0.717, 1.165) is 6.42 Å². The van der Waals surface area contributed by atoms with Crippen molar-refractivity contribution >= 4 is 0 Å². The van der Waals surface area contributed by atoms with E-state index in [9.17, 15) is 5.11 Å². The maximum absolute atomic E-state index is 9.58. The highest BCUT2D eigenvalue weighted by Gasteiger charge is 2.58. The van der Waals surface area contributed by atoms with Crippen LogP contribution in [0, 0.1) is 0 Å². The minimum absolute atomic E-state index is 0.249. The van der Waals surface area contributed by atoms with Crippen LogP contribution in [-0.2, 0) is 9.47 Å². The monoisotopic (exact) mass is 245 g/mol. The molecule has 3 unspecified atom stereocenters. The van der Waals surface area contributed by atoms with Crippen molar-refractivity contribution in [1.29, 1.82) is 0 Å². The van der Waals surface area contributed by atoms with Gasteiger partial charge in [0.15, 0.2) is 0 Å². The zero-order valence-electron chi connectivity index (χ0n) is 11.9. The molecular weight excluding hydrogens is 218 g/mol. The first-order valence-corrected chi connectivity index (χ1v) is 6.31. The van der Waals surface area contributed by atoms with Gasteiger partial charge < -0.3 is 20.3 Å². The lowest BCUT2D eigenvalue weighted by Crippen LogP contribution is -2.56. The molecule has 0 amide bonds. The van der Waals surface area contributed by atoms with Crippen LogP contribution in [0.4, 0.5) is 0 Å². The van der Waals surface area contributed by atoms with E-state index in [2.05, 4.69) is 0 Å². The van der Waals surface area contributed by atoms with E-state index in [-0.39, 0.29) is 11.7 Å². The second-order valence-corrected chi connectivity index (χ2v) is 6.31. The summed E-state index contributed by atoms with van der Waals surface area (Å²) in [6, 6.07) is 0. The van der Waals surface area contributed by atoms with E-state index < -0.39 is 17.3 Å². The lowest BCUT2D eigenvalue weighted by molar-refractivity contribution is -0.182. The average molecular weight is 245 g/mol. The number of ether oxygens (including phenoxy) is 2. The largest absolute Gasteiger partial charge is 0.391 e. The summed E-state index contributed by atoms with van der Waals surface area (Å²) in [7, 11) is 0. The second-order valence-electron chi connectivity index (χ2n) is 6.31. The van der Waals surface area contributed by atoms with Crippen LogP contribution < -0.4 is 5.73 Å². The van der Waals surface area contributed by atoms with Crippen molar-refractivity contribution in [2.45, 2.75) is 77.0 Å². The van der Waals surface area contributed by atoms with E-state index in [1.807, 2.05) is 34.6 Å². The molecule has 0 spiro atoms. The second kappa shape index (κ2) is 4.50. The van der Waals surface area contributed by atoms with Crippen LogP contribution in [0.15, 0.2) is 0 Å². The minimum atomic E-state index is -0.535. The predicted molar refractivity (Wildman–Crippen MR) is 67.9 cm³/mol. The third-order valence-electron chi connectivity index (χ3n) is 3.76. The number of hydrogen-bond acceptors (Lipinski definition) is 4. The van der Waals surface area contributed by atoms with Crippen molar-refractivity contribution in [3.05, 3.63) is 0 Å². The van der Waals surface area contributed by atoms with Crippen molar-refractivity contribution in [3.8, 4) is 0 Å². The number of rotatable bonds is 4. The molecule has 17 heavy (non-hydrogen) atoms. The molecule has 4 heteroatoms. The molecule has 102 valence electrons. The first kappa shape index (κ1) is 14.9. The predicted octanol–water partition coefficient (Wildman–Crippen LogP) is 1.45. The molecule has 1 aliphatic heterocycles. The Kier molecular flexibility index (Phi) is 3.94. The van der Waals surface area contributed by atoms with Gasteiger partial charge in [0.05, 0.1) is 23.4 Å². The number of aliphatic hydroxyl groups is 1. The first-order chi connectivity index (χ1) is 7.55. The summed E-state index contributed by atoms with van der Waals surface area (Å²) in [5.41, 5.74) is 4.69. The summed E-state index contributed by atoms with van der Waals surface area (Å²) in [4.78, 5) is 0. The molecule has 4 nitrogen and oxygen atoms in total. The highest BCUT2D eigenvalue weighted by atomic mass is 16.6. The van der Waals surface area contributed by atoms with Crippen LogP contribution in [-0.4, -0.2) is 40.7 Å². The molecule has 1 fully saturated rings. The van der Waals surface area contributed by atoms with Crippen LogP contribution in [0.5, 0.6) is 0 Å². The van der Waals surface area contributed by atoms with Gasteiger partial charge in [0.1, 0.15) is 5.60 Å². The highest BCUT2D eigenvalue weighted by Crippen LogP contribution is 2.47. The Balaban J connectivity index is 2.95. The third-order valence-corrected chi connectivity index (χ3v) is 3.76. The Morgan fingerprint density at radius 2 is 1.82 bits per heavy atom. The molecular formula is C13H27NO3. The van der Waals surface area contributed by atoms with Crippen molar-refractivity contribution in [2.24, 2.45) is 5.73 Å². The van der Waals surface area contributed by atoms with Gasteiger partial charge in [-0.3, -0.25) is 0 Å². The van der Waals surface area contributed by atoms with E-state index in [1.165, 1.54) is 0 Å². The van der Waals surface area contributed by atoms with Crippen LogP contribution in [0.3, 0.4) is 0 Å². The normalized spacial score (nSPS) is 34.6. The fourth-order valence-electron chi connectivity index (χ4n) is 2.72. The van der Waals surface area contributed by atoms with E-state index in [0.29, 0.717) is 6.54 Å². The molecule has 0 aliphatic carbocycles. The van der Waals surface area contributed by atoms with Crippen LogP contribution in [0.1, 0.15) is 48.0 Å². The Morgan fingerprint density at radius 3 is 2.12 bits per heavy atom. The molecule has 1 aliphatic rings. The molecule has 0 bridgehead atoms. The van der Waals surface area contributed by atoms with Gasteiger partial charge >= 0.3 is 0 Å². The van der Waals surface area contributed by atoms with Crippen molar-refractivity contribution < 1.29 is 14.6 Å². The summed E-state index contributed by atoms with van der Waals surface area (Å²) in [5, 5.41) is 9.58.